The van der Waals surface area contributed by atoms with Gasteiger partial charge < -0.3 is 22.4 Å². The summed E-state index contributed by atoms with van der Waals surface area (Å²) >= 11 is 0. The summed E-state index contributed by atoms with van der Waals surface area (Å²) in [6.07, 6.45) is 0. The molecule has 0 aromatic rings. The topological polar surface area (TPSA) is 52.5 Å². The summed E-state index contributed by atoms with van der Waals surface area (Å²) in [6.45, 7) is 5.84. The number of ether oxygens (including phenoxy) is 1. The van der Waals surface area contributed by atoms with Crippen LogP contribution in [0, 0.1) is 19.4 Å². The number of aliphatic hydroxyl groups excluding tert-OH is 1. The second-order valence-electron chi connectivity index (χ2n) is 2.71. The van der Waals surface area contributed by atoms with E-state index in [2.05, 4.69) is 7.40 Å². The fourth-order valence-electron chi connectivity index (χ4n) is 0.534. The van der Waals surface area contributed by atoms with Crippen LogP contribution in [0.5, 0.6) is 0 Å². The summed E-state index contributed by atoms with van der Waals surface area (Å²) in [7, 11) is 2.50. The molecule has 0 atom stereocenters. The molecule has 1 rings (SSSR count). The Bertz CT molecular complexity index is 83.9. The fourth-order valence-corrected chi connectivity index (χ4v) is 0.534. The molecule has 1 N–H and O–H groups in total. The van der Waals surface area contributed by atoms with E-state index < -0.39 is 0 Å². The van der Waals surface area contributed by atoms with Crippen molar-refractivity contribution in [1.29, 1.82) is 0 Å². The molecule has 0 saturated carbocycles. The van der Waals surface area contributed by atoms with E-state index in [0.717, 1.165) is 6.61 Å². The fraction of sp³-hybridized carbons (Fsp3) is 0.750. The normalized spacial score (nSPS) is 17.6. The minimum atomic E-state index is -0.0139. The Morgan fingerprint density at radius 1 is 1.75 bits per heavy atom. The van der Waals surface area contributed by atoms with Crippen LogP contribution >= 0.6 is 0 Å². The van der Waals surface area contributed by atoms with Crippen LogP contribution in [-0.2, 0) is 25.8 Å². The van der Waals surface area contributed by atoms with Gasteiger partial charge >= 0.3 is 21.1 Å². The summed E-state index contributed by atoms with van der Waals surface area (Å²) in [6, 6.07) is 0. The van der Waals surface area contributed by atoms with Gasteiger partial charge in [-0.25, -0.2) is 7.98 Å². The first kappa shape index (κ1) is 15.1. The van der Waals surface area contributed by atoms with Gasteiger partial charge in [-0.1, -0.05) is 6.92 Å². The molecule has 0 aromatic heterocycles. The van der Waals surface area contributed by atoms with Crippen LogP contribution in [-0.4, -0.2) is 24.9 Å². The van der Waals surface area contributed by atoms with E-state index in [4.69, 9.17) is 11.2 Å². The van der Waals surface area contributed by atoms with Crippen LogP contribution in [0.25, 0.3) is 0 Å². The SMILES string of the molecule is CC1(C[O-])COC1.C[CH-]O.[2H][CH2-].[W+2]. The molecule has 0 aliphatic carbocycles. The van der Waals surface area contributed by atoms with Gasteiger partial charge in [0.15, 0.2) is 0 Å². The van der Waals surface area contributed by atoms with Crippen molar-refractivity contribution >= 4 is 0 Å². The van der Waals surface area contributed by atoms with E-state index in [-0.39, 0.29) is 33.1 Å². The Morgan fingerprint density at radius 3 is 2.08 bits per heavy atom. The average molecular weight is 346 g/mol. The Labute approximate surface area is 90.8 Å². The van der Waals surface area contributed by atoms with Gasteiger partial charge in [0.05, 0.1) is 13.2 Å². The van der Waals surface area contributed by atoms with Crippen molar-refractivity contribution < 1.29 is 37.4 Å². The molecule has 0 unspecified atom stereocenters. The molecule has 74 valence electrons. The van der Waals surface area contributed by atoms with Crippen LogP contribution < -0.4 is 5.11 Å². The minimum absolute atomic E-state index is 0. The third-order valence-electron chi connectivity index (χ3n) is 1.25. The van der Waals surface area contributed by atoms with Crippen LogP contribution in [0.2, 0.25) is 0 Å². The van der Waals surface area contributed by atoms with Gasteiger partial charge in [-0.05, 0) is 5.41 Å². The monoisotopic (exact) mass is 346 g/mol. The molecule has 1 fully saturated rings. The molecule has 1 aliphatic rings. The maximum atomic E-state index is 10.2. The Kier molecular flexibility index (Phi) is 12.1. The van der Waals surface area contributed by atoms with Crippen molar-refractivity contribution in [3.8, 4) is 0 Å². The predicted molar refractivity (Wildman–Crippen MR) is 42.1 cm³/mol. The first-order chi connectivity index (χ1) is 5.68. The zero-order valence-electron chi connectivity index (χ0n) is 8.58. The molecule has 1 saturated heterocycles. The molecular weight excluding hydrogens is 328 g/mol. The number of aliphatic hydroxyl groups is 1. The van der Waals surface area contributed by atoms with Crippen molar-refractivity contribution in [3.05, 3.63) is 14.0 Å². The second-order valence-corrected chi connectivity index (χ2v) is 2.71. The number of hydrogen-bond acceptors (Lipinski definition) is 3. The molecular formula is C8H17O3W-. The van der Waals surface area contributed by atoms with E-state index in [9.17, 15) is 5.11 Å². The smallest absolute Gasteiger partial charge is 0.854 e. The van der Waals surface area contributed by atoms with Crippen molar-refractivity contribution in [2.75, 3.05) is 19.8 Å². The van der Waals surface area contributed by atoms with Crippen molar-refractivity contribution in [3.63, 3.8) is 0 Å². The third kappa shape index (κ3) is 7.23. The van der Waals surface area contributed by atoms with E-state index in [1.54, 1.807) is 6.92 Å². The van der Waals surface area contributed by atoms with Crippen LogP contribution in [0.15, 0.2) is 0 Å². The average Bonchev–Trinajstić information content (AvgIpc) is 2.06. The maximum Gasteiger partial charge on any atom is 2.00 e. The summed E-state index contributed by atoms with van der Waals surface area (Å²) in [5.74, 6) is 0. The Balaban J connectivity index is -0.000000146. The van der Waals surface area contributed by atoms with Gasteiger partial charge in [-0.2, -0.15) is 6.92 Å². The molecule has 0 amide bonds. The first-order valence-electron chi connectivity index (χ1n) is 3.97. The van der Waals surface area contributed by atoms with Gasteiger partial charge in [0.2, 0.25) is 0 Å². The van der Waals surface area contributed by atoms with E-state index in [1.165, 1.54) is 0 Å². The first-order valence-corrected chi connectivity index (χ1v) is 3.26. The molecule has 3 nitrogen and oxygen atoms in total. The summed E-state index contributed by atoms with van der Waals surface area (Å²) in [5.41, 5.74) is -0.0139. The zero-order valence-corrected chi connectivity index (χ0v) is 10.5. The zero-order chi connectivity index (χ0) is 10.0. The quantitative estimate of drug-likeness (QED) is 0.699. The standard InChI is InChI=1S/C5H9O2.C2H5O.CH3.W/c1-5(2-6)3-7-4-5;1-2-3;;/h2-4H2,1H3;2-3H,1H3;1H3;/q3*-1;+2/i;;1D;. The van der Waals surface area contributed by atoms with Crippen LogP contribution in [0.1, 0.15) is 15.2 Å². The number of rotatable bonds is 1. The Morgan fingerprint density at radius 2 is 2.08 bits per heavy atom. The summed E-state index contributed by atoms with van der Waals surface area (Å²) in [5, 5.41) is 17.6. The van der Waals surface area contributed by atoms with Gasteiger partial charge in [-0.3, -0.25) is 0 Å². The largest absolute Gasteiger partial charge is 2.00 e. The summed E-state index contributed by atoms with van der Waals surface area (Å²) < 4.78 is 10.3. The van der Waals surface area contributed by atoms with Crippen LogP contribution in [0.3, 0.4) is 0 Å². The third-order valence-corrected chi connectivity index (χ3v) is 1.25. The predicted octanol–water partition coefficient (Wildman–Crippen LogP) is 0.372. The van der Waals surface area contributed by atoms with Crippen molar-refractivity contribution in [2.24, 2.45) is 5.41 Å². The molecule has 1 aliphatic heterocycles. The van der Waals surface area contributed by atoms with E-state index in [0.29, 0.717) is 13.2 Å². The molecule has 0 aromatic carbocycles. The molecule has 0 spiro atoms. The molecule has 0 bridgehead atoms. The summed E-state index contributed by atoms with van der Waals surface area (Å²) in [4.78, 5) is 0. The molecule has 12 heavy (non-hydrogen) atoms. The van der Waals surface area contributed by atoms with E-state index in [1.807, 2.05) is 6.92 Å². The molecule has 0 radical (unpaired) electrons. The van der Waals surface area contributed by atoms with Crippen LogP contribution in [0.4, 0.5) is 0 Å². The molecule has 4 heteroatoms. The maximum absolute atomic E-state index is 10.2. The van der Waals surface area contributed by atoms with E-state index >= 15 is 0 Å². The van der Waals surface area contributed by atoms with Gasteiger partial charge in [0.25, 0.3) is 0 Å². The second kappa shape index (κ2) is 9.65. The number of hydrogen-bond donors (Lipinski definition) is 1. The Hall–Kier alpha value is 0.568. The van der Waals surface area contributed by atoms with Gasteiger partial charge in [0, 0.05) is 0 Å². The minimum Gasteiger partial charge on any atom is -0.854 e. The van der Waals surface area contributed by atoms with Gasteiger partial charge in [-0.15, -0.1) is 6.61 Å². The van der Waals surface area contributed by atoms with Gasteiger partial charge in [0.1, 0.15) is 0 Å². The van der Waals surface area contributed by atoms with Crippen molar-refractivity contribution in [2.45, 2.75) is 13.8 Å². The molecule has 1 heterocycles. The van der Waals surface area contributed by atoms with Crippen molar-refractivity contribution in [1.82, 2.24) is 0 Å².